The highest BCUT2D eigenvalue weighted by molar-refractivity contribution is 5.01. The Morgan fingerprint density at radius 3 is 1.71 bits per heavy atom. The molecule has 0 spiro atoms. The molecule has 0 amide bonds. The predicted octanol–water partition coefficient (Wildman–Crippen LogP) is 3.86. The van der Waals surface area contributed by atoms with Crippen LogP contribution in [0, 0.1) is 5.41 Å². The smallest absolute Gasteiger partial charge is 0.0211 e. The standard InChI is InChI=1S/C13H27N/c1-4-12(5-2,6-3)13(14)10-8-7-9-11-13/h4-11,14H2,1-3H3. The van der Waals surface area contributed by atoms with Gasteiger partial charge in [-0.3, -0.25) is 0 Å². The van der Waals surface area contributed by atoms with E-state index in [2.05, 4.69) is 20.8 Å². The summed E-state index contributed by atoms with van der Waals surface area (Å²) in [5.41, 5.74) is 7.22. The summed E-state index contributed by atoms with van der Waals surface area (Å²) in [5.74, 6) is 0. The molecule has 1 aliphatic rings. The summed E-state index contributed by atoms with van der Waals surface area (Å²) in [6.07, 6.45) is 10.3. The summed E-state index contributed by atoms with van der Waals surface area (Å²) < 4.78 is 0. The molecule has 1 heteroatoms. The molecule has 0 bridgehead atoms. The van der Waals surface area contributed by atoms with Crippen LogP contribution in [-0.2, 0) is 0 Å². The van der Waals surface area contributed by atoms with Gasteiger partial charge in [-0.2, -0.15) is 0 Å². The first-order valence-corrected chi connectivity index (χ1v) is 6.43. The van der Waals surface area contributed by atoms with Gasteiger partial charge >= 0.3 is 0 Å². The molecule has 1 aliphatic carbocycles. The van der Waals surface area contributed by atoms with Gasteiger partial charge in [-0.05, 0) is 37.5 Å². The van der Waals surface area contributed by atoms with E-state index in [0.29, 0.717) is 5.41 Å². The summed E-state index contributed by atoms with van der Waals surface area (Å²) in [4.78, 5) is 0. The number of rotatable bonds is 4. The lowest BCUT2D eigenvalue weighted by atomic mass is 9.59. The molecule has 0 aliphatic heterocycles. The monoisotopic (exact) mass is 197 g/mol. The largest absolute Gasteiger partial charge is 0.325 e. The van der Waals surface area contributed by atoms with Crippen molar-refractivity contribution in [1.29, 1.82) is 0 Å². The zero-order chi connectivity index (χ0) is 10.7. The van der Waals surface area contributed by atoms with E-state index in [1.54, 1.807) is 0 Å². The van der Waals surface area contributed by atoms with Gasteiger partial charge in [-0.1, -0.05) is 40.0 Å². The third kappa shape index (κ3) is 1.84. The molecule has 1 nitrogen and oxygen atoms in total. The molecule has 84 valence electrons. The average Bonchev–Trinajstić information content (AvgIpc) is 2.22. The van der Waals surface area contributed by atoms with Gasteiger partial charge in [-0.15, -0.1) is 0 Å². The SMILES string of the molecule is CCC(CC)(CC)C1(N)CCCCC1. The maximum Gasteiger partial charge on any atom is 0.0211 e. The molecule has 1 fully saturated rings. The minimum absolute atomic E-state index is 0.142. The van der Waals surface area contributed by atoms with Crippen molar-refractivity contribution in [3.63, 3.8) is 0 Å². The summed E-state index contributed by atoms with van der Waals surface area (Å²) in [5, 5.41) is 0. The first-order valence-electron chi connectivity index (χ1n) is 6.43. The fourth-order valence-corrected chi connectivity index (χ4v) is 3.52. The van der Waals surface area contributed by atoms with Crippen molar-refractivity contribution in [3.05, 3.63) is 0 Å². The molecule has 0 aromatic rings. The Morgan fingerprint density at radius 2 is 1.36 bits per heavy atom. The number of hydrogen-bond acceptors (Lipinski definition) is 1. The van der Waals surface area contributed by atoms with E-state index in [-0.39, 0.29) is 5.54 Å². The predicted molar refractivity (Wildman–Crippen MR) is 63.3 cm³/mol. The maximum absolute atomic E-state index is 6.67. The molecule has 0 unspecified atom stereocenters. The Kier molecular flexibility index (Phi) is 4.00. The molecule has 0 atom stereocenters. The first-order chi connectivity index (χ1) is 6.64. The van der Waals surface area contributed by atoms with Crippen molar-refractivity contribution in [3.8, 4) is 0 Å². The molecule has 0 saturated heterocycles. The third-order valence-electron chi connectivity index (χ3n) is 4.83. The Morgan fingerprint density at radius 1 is 0.929 bits per heavy atom. The number of nitrogens with two attached hydrogens (primary N) is 1. The zero-order valence-electron chi connectivity index (χ0n) is 10.2. The van der Waals surface area contributed by atoms with Gasteiger partial charge in [0.1, 0.15) is 0 Å². The fraction of sp³-hybridized carbons (Fsp3) is 1.00. The Hall–Kier alpha value is -0.0400. The van der Waals surface area contributed by atoms with Crippen LogP contribution in [0.15, 0.2) is 0 Å². The van der Waals surface area contributed by atoms with Crippen LogP contribution in [0.3, 0.4) is 0 Å². The normalized spacial score (nSPS) is 22.3. The van der Waals surface area contributed by atoms with Gasteiger partial charge < -0.3 is 5.73 Å². The van der Waals surface area contributed by atoms with Crippen molar-refractivity contribution in [2.75, 3.05) is 0 Å². The lowest BCUT2D eigenvalue weighted by Crippen LogP contribution is -2.56. The van der Waals surface area contributed by atoms with Crippen LogP contribution >= 0.6 is 0 Å². The van der Waals surface area contributed by atoms with E-state index in [0.717, 1.165) is 0 Å². The molecule has 2 N–H and O–H groups in total. The Labute approximate surface area is 89.5 Å². The molecule has 0 aromatic carbocycles. The Bertz CT molecular complexity index is 156. The maximum atomic E-state index is 6.67. The van der Waals surface area contributed by atoms with Gasteiger partial charge in [0.25, 0.3) is 0 Å². The second-order valence-corrected chi connectivity index (χ2v) is 5.06. The van der Waals surface area contributed by atoms with Crippen LogP contribution in [0.25, 0.3) is 0 Å². The highest BCUT2D eigenvalue weighted by Gasteiger charge is 2.44. The van der Waals surface area contributed by atoms with Crippen molar-refractivity contribution in [2.24, 2.45) is 11.1 Å². The van der Waals surface area contributed by atoms with Gasteiger partial charge in [0.05, 0.1) is 0 Å². The fourth-order valence-electron chi connectivity index (χ4n) is 3.52. The summed E-state index contributed by atoms with van der Waals surface area (Å²) in [6.45, 7) is 6.95. The lowest BCUT2D eigenvalue weighted by molar-refractivity contribution is 0.0634. The van der Waals surface area contributed by atoms with Crippen molar-refractivity contribution < 1.29 is 0 Å². The first kappa shape index (κ1) is 12.0. The van der Waals surface area contributed by atoms with Crippen LogP contribution in [0.5, 0.6) is 0 Å². The molecule has 0 radical (unpaired) electrons. The third-order valence-corrected chi connectivity index (χ3v) is 4.83. The second-order valence-electron chi connectivity index (χ2n) is 5.06. The van der Waals surface area contributed by atoms with Crippen LogP contribution < -0.4 is 5.73 Å². The molecule has 1 rings (SSSR count). The molecule has 0 heterocycles. The Balaban J connectivity index is 2.83. The average molecular weight is 197 g/mol. The minimum Gasteiger partial charge on any atom is -0.325 e. The molecule has 14 heavy (non-hydrogen) atoms. The van der Waals surface area contributed by atoms with Gasteiger partial charge in [0.2, 0.25) is 0 Å². The minimum atomic E-state index is 0.142. The molecular formula is C13H27N. The van der Waals surface area contributed by atoms with Crippen LogP contribution in [0.4, 0.5) is 0 Å². The van der Waals surface area contributed by atoms with Crippen molar-refractivity contribution >= 4 is 0 Å². The van der Waals surface area contributed by atoms with Gasteiger partial charge in [-0.25, -0.2) is 0 Å². The van der Waals surface area contributed by atoms with E-state index in [4.69, 9.17) is 5.73 Å². The van der Waals surface area contributed by atoms with E-state index < -0.39 is 0 Å². The van der Waals surface area contributed by atoms with E-state index in [9.17, 15) is 0 Å². The van der Waals surface area contributed by atoms with Crippen molar-refractivity contribution in [2.45, 2.75) is 77.7 Å². The van der Waals surface area contributed by atoms with Crippen LogP contribution in [0.2, 0.25) is 0 Å². The van der Waals surface area contributed by atoms with E-state index >= 15 is 0 Å². The second kappa shape index (κ2) is 4.65. The summed E-state index contributed by atoms with van der Waals surface area (Å²) in [6, 6.07) is 0. The van der Waals surface area contributed by atoms with Crippen LogP contribution in [-0.4, -0.2) is 5.54 Å². The summed E-state index contributed by atoms with van der Waals surface area (Å²) >= 11 is 0. The van der Waals surface area contributed by atoms with E-state index in [1.807, 2.05) is 0 Å². The number of hydrogen-bond donors (Lipinski definition) is 1. The zero-order valence-corrected chi connectivity index (χ0v) is 10.2. The molecule has 1 saturated carbocycles. The van der Waals surface area contributed by atoms with E-state index in [1.165, 1.54) is 51.4 Å². The topological polar surface area (TPSA) is 26.0 Å². The molecule has 0 aromatic heterocycles. The lowest BCUT2D eigenvalue weighted by Gasteiger charge is -2.50. The molecular weight excluding hydrogens is 170 g/mol. The summed E-state index contributed by atoms with van der Waals surface area (Å²) in [7, 11) is 0. The van der Waals surface area contributed by atoms with Crippen molar-refractivity contribution in [1.82, 2.24) is 0 Å². The quantitative estimate of drug-likeness (QED) is 0.727. The highest BCUT2D eigenvalue weighted by atomic mass is 14.8. The highest BCUT2D eigenvalue weighted by Crippen LogP contribution is 2.47. The van der Waals surface area contributed by atoms with Gasteiger partial charge in [0.15, 0.2) is 0 Å². The van der Waals surface area contributed by atoms with Gasteiger partial charge in [0, 0.05) is 5.54 Å². The van der Waals surface area contributed by atoms with Crippen LogP contribution in [0.1, 0.15) is 72.1 Å².